The molecule has 3 rings (SSSR count). The van der Waals surface area contributed by atoms with Crippen molar-refractivity contribution in [1.82, 2.24) is 9.78 Å². The minimum Gasteiger partial charge on any atom is -0.476 e. The number of carboxylic acids is 1. The van der Waals surface area contributed by atoms with Gasteiger partial charge in [-0.05, 0) is 48.9 Å². The summed E-state index contributed by atoms with van der Waals surface area (Å²) in [5.41, 5.74) is 4.84. The summed E-state index contributed by atoms with van der Waals surface area (Å²) in [6.45, 7) is 0. The van der Waals surface area contributed by atoms with Crippen LogP contribution < -0.4 is 0 Å². The Labute approximate surface area is 118 Å². The zero-order chi connectivity index (χ0) is 14.1. The molecule has 104 valence electrons. The molecule has 4 nitrogen and oxygen atoms in total. The number of carboxylic acid groups (broad SMARTS) is 1. The number of aryl methyl sites for hydroxylation is 3. The minimum atomic E-state index is -0.985. The van der Waals surface area contributed by atoms with Crippen LogP contribution in [0, 0.1) is 0 Å². The van der Waals surface area contributed by atoms with Gasteiger partial charge in [-0.1, -0.05) is 18.6 Å². The third-order valence-corrected chi connectivity index (χ3v) is 3.99. The molecule has 1 N–H and O–H groups in total. The largest absolute Gasteiger partial charge is 0.476 e. The monoisotopic (exact) mass is 270 g/mol. The van der Waals surface area contributed by atoms with Gasteiger partial charge < -0.3 is 5.11 Å². The van der Waals surface area contributed by atoms with Crippen molar-refractivity contribution >= 4 is 5.97 Å². The molecule has 1 aliphatic carbocycles. The zero-order valence-electron chi connectivity index (χ0n) is 11.6. The number of hydrogen-bond acceptors (Lipinski definition) is 2. The van der Waals surface area contributed by atoms with E-state index in [9.17, 15) is 4.79 Å². The van der Waals surface area contributed by atoms with Crippen LogP contribution in [0.25, 0.3) is 11.3 Å². The quantitative estimate of drug-likeness (QED) is 0.853. The Kier molecular flexibility index (Phi) is 3.30. The number of benzene rings is 1. The van der Waals surface area contributed by atoms with Crippen molar-refractivity contribution in [3.8, 4) is 11.3 Å². The molecule has 1 aromatic carbocycles. The summed E-state index contributed by atoms with van der Waals surface area (Å²) in [5.74, 6) is -0.985. The van der Waals surface area contributed by atoms with E-state index in [1.807, 2.05) is 0 Å². The predicted octanol–water partition coefficient (Wildman–Crippen LogP) is 3.05. The molecular weight excluding hydrogens is 252 g/mol. The van der Waals surface area contributed by atoms with Gasteiger partial charge >= 0.3 is 5.97 Å². The molecule has 0 aliphatic heterocycles. The van der Waals surface area contributed by atoms with Gasteiger partial charge in [0, 0.05) is 12.6 Å². The molecule has 4 heteroatoms. The van der Waals surface area contributed by atoms with Crippen molar-refractivity contribution < 1.29 is 9.90 Å². The second-order valence-corrected chi connectivity index (χ2v) is 5.39. The normalized spacial score (nSPS) is 14.7. The van der Waals surface area contributed by atoms with Gasteiger partial charge in [0.1, 0.15) is 0 Å². The summed E-state index contributed by atoms with van der Waals surface area (Å²) in [6, 6.07) is 8.10. The summed E-state index contributed by atoms with van der Waals surface area (Å²) < 4.78 is 1.64. The van der Waals surface area contributed by atoms with Crippen molar-refractivity contribution in [2.75, 3.05) is 0 Å². The van der Waals surface area contributed by atoms with E-state index in [0.29, 0.717) is 0 Å². The molecule has 0 radical (unpaired) electrons. The summed E-state index contributed by atoms with van der Waals surface area (Å²) in [4.78, 5) is 11.0. The first-order valence-corrected chi connectivity index (χ1v) is 7.04. The third-order valence-electron chi connectivity index (χ3n) is 3.99. The summed E-state index contributed by atoms with van der Waals surface area (Å²) >= 11 is 0. The van der Waals surface area contributed by atoms with Crippen LogP contribution in [-0.4, -0.2) is 20.9 Å². The van der Waals surface area contributed by atoms with Crippen molar-refractivity contribution in [3.63, 3.8) is 0 Å². The summed E-state index contributed by atoms with van der Waals surface area (Å²) in [5, 5.41) is 13.1. The van der Waals surface area contributed by atoms with Crippen molar-refractivity contribution in [1.29, 1.82) is 0 Å². The van der Waals surface area contributed by atoms with Gasteiger partial charge in [-0.15, -0.1) is 0 Å². The van der Waals surface area contributed by atoms with E-state index in [1.165, 1.54) is 30.4 Å². The van der Waals surface area contributed by atoms with Crippen LogP contribution in [0.4, 0.5) is 0 Å². The fourth-order valence-electron chi connectivity index (χ4n) is 2.91. The maximum atomic E-state index is 11.0. The molecular formula is C16H18N2O2. The fraction of sp³-hybridized carbons (Fsp3) is 0.375. The number of carbonyl (C=O) groups is 1. The Morgan fingerprint density at radius 1 is 1.15 bits per heavy atom. The molecule has 0 unspecified atom stereocenters. The molecule has 0 saturated heterocycles. The van der Waals surface area contributed by atoms with Crippen LogP contribution in [-0.2, 0) is 19.9 Å². The van der Waals surface area contributed by atoms with Crippen molar-refractivity contribution in [2.24, 2.45) is 7.05 Å². The number of aromatic nitrogens is 2. The lowest BCUT2D eigenvalue weighted by atomic mass is 9.98. The standard InChI is InChI=1S/C16H18N2O2/c1-18-15(10-14(17-18)16(19)20)13-8-7-11-5-3-2-4-6-12(11)9-13/h7-10H,2-6H2,1H3,(H,19,20). The first-order valence-electron chi connectivity index (χ1n) is 7.04. The van der Waals surface area contributed by atoms with E-state index in [1.54, 1.807) is 17.8 Å². The Morgan fingerprint density at radius 2 is 1.90 bits per heavy atom. The van der Waals surface area contributed by atoms with Gasteiger partial charge in [-0.25, -0.2) is 4.79 Å². The van der Waals surface area contributed by atoms with E-state index >= 15 is 0 Å². The Bertz CT molecular complexity index is 658. The molecule has 1 heterocycles. The molecule has 0 spiro atoms. The maximum Gasteiger partial charge on any atom is 0.356 e. The van der Waals surface area contributed by atoms with Crippen molar-refractivity contribution in [3.05, 3.63) is 41.1 Å². The van der Waals surface area contributed by atoms with E-state index in [-0.39, 0.29) is 5.69 Å². The highest BCUT2D eigenvalue weighted by Gasteiger charge is 2.14. The van der Waals surface area contributed by atoms with Gasteiger partial charge in [-0.2, -0.15) is 5.10 Å². The van der Waals surface area contributed by atoms with Crippen LogP contribution in [0.2, 0.25) is 0 Å². The van der Waals surface area contributed by atoms with Crippen LogP contribution in [0.1, 0.15) is 40.9 Å². The average molecular weight is 270 g/mol. The topological polar surface area (TPSA) is 55.1 Å². The Balaban J connectivity index is 2.02. The highest BCUT2D eigenvalue weighted by molar-refractivity contribution is 5.87. The highest BCUT2D eigenvalue weighted by Crippen LogP contribution is 2.27. The number of nitrogens with zero attached hydrogens (tertiary/aromatic N) is 2. The zero-order valence-corrected chi connectivity index (χ0v) is 11.6. The second kappa shape index (κ2) is 5.12. The summed E-state index contributed by atoms with van der Waals surface area (Å²) in [7, 11) is 1.79. The number of fused-ring (bicyclic) bond motifs is 1. The summed E-state index contributed by atoms with van der Waals surface area (Å²) in [6.07, 6.45) is 6.07. The molecule has 1 aliphatic rings. The van der Waals surface area contributed by atoms with Crippen LogP contribution in [0.3, 0.4) is 0 Å². The lowest BCUT2D eigenvalue weighted by molar-refractivity contribution is 0.0689. The first kappa shape index (κ1) is 12.9. The SMILES string of the molecule is Cn1nc(C(=O)O)cc1-c1ccc2c(c1)CCCCC2. The number of rotatable bonds is 2. The first-order chi connectivity index (χ1) is 9.65. The molecule has 20 heavy (non-hydrogen) atoms. The van der Waals surface area contributed by atoms with E-state index < -0.39 is 5.97 Å². The molecule has 0 atom stereocenters. The Morgan fingerprint density at radius 3 is 2.60 bits per heavy atom. The predicted molar refractivity (Wildman–Crippen MR) is 76.9 cm³/mol. The van der Waals surface area contributed by atoms with E-state index in [0.717, 1.165) is 24.1 Å². The van der Waals surface area contributed by atoms with Gasteiger partial charge in [-0.3, -0.25) is 4.68 Å². The smallest absolute Gasteiger partial charge is 0.356 e. The second-order valence-electron chi connectivity index (χ2n) is 5.39. The molecule has 0 fully saturated rings. The minimum absolute atomic E-state index is 0.0949. The fourth-order valence-corrected chi connectivity index (χ4v) is 2.91. The number of hydrogen-bond donors (Lipinski definition) is 1. The van der Waals surface area contributed by atoms with Crippen LogP contribution >= 0.6 is 0 Å². The van der Waals surface area contributed by atoms with E-state index in [4.69, 9.17) is 5.11 Å². The van der Waals surface area contributed by atoms with Crippen LogP contribution in [0.5, 0.6) is 0 Å². The lowest BCUT2D eigenvalue weighted by Crippen LogP contribution is -1.99. The highest BCUT2D eigenvalue weighted by atomic mass is 16.4. The van der Waals surface area contributed by atoms with Crippen molar-refractivity contribution in [2.45, 2.75) is 32.1 Å². The molecule has 0 amide bonds. The van der Waals surface area contributed by atoms with Gasteiger partial charge in [0.25, 0.3) is 0 Å². The molecule has 0 saturated carbocycles. The molecule has 1 aromatic heterocycles. The lowest BCUT2D eigenvalue weighted by Gasteiger charge is -2.09. The average Bonchev–Trinajstić information content (AvgIpc) is 2.68. The third kappa shape index (κ3) is 2.33. The molecule has 0 bridgehead atoms. The van der Waals surface area contributed by atoms with Gasteiger partial charge in [0.05, 0.1) is 5.69 Å². The molecule has 2 aromatic rings. The maximum absolute atomic E-state index is 11.0. The van der Waals surface area contributed by atoms with Gasteiger partial charge in [0.15, 0.2) is 5.69 Å². The van der Waals surface area contributed by atoms with Crippen LogP contribution in [0.15, 0.2) is 24.3 Å². The Hall–Kier alpha value is -2.10. The van der Waals surface area contributed by atoms with E-state index in [2.05, 4.69) is 23.3 Å². The number of aromatic carboxylic acids is 1. The van der Waals surface area contributed by atoms with Gasteiger partial charge in [0.2, 0.25) is 0 Å².